The van der Waals surface area contributed by atoms with Crippen molar-refractivity contribution >= 4 is 27.7 Å². The van der Waals surface area contributed by atoms with Gasteiger partial charge in [0.2, 0.25) is 15.9 Å². The van der Waals surface area contributed by atoms with E-state index >= 15 is 0 Å². The number of sulfonamides is 1. The fourth-order valence-electron chi connectivity index (χ4n) is 3.88. The van der Waals surface area contributed by atoms with Crippen LogP contribution in [0.5, 0.6) is 0 Å². The third-order valence-corrected chi connectivity index (χ3v) is 8.42. The SMILES string of the molecule is CC(C)[C@H](NS(=O)(=O)c1ccccc1F)C(=O)NCC1(N2CCOCC2)CCSC1. The van der Waals surface area contributed by atoms with Crippen LogP contribution in [0.2, 0.25) is 0 Å². The van der Waals surface area contributed by atoms with E-state index in [4.69, 9.17) is 4.74 Å². The molecule has 7 nitrogen and oxygen atoms in total. The van der Waals surface area contributed by atoms with Gasteiger partial charge in [-0.3, -0.25) is 9.69 Å². The highest BCUT2D eigenvalue weighted by atomic mass is 32.2. The number of rotatable bonds is 8. The van der Waals surface area contributed by atoms with Crippen LogP contribution in [0.25, 0.3) is 0 Å². The van der Waals surface area contributed by atoms with Crippen LogP contribution in [-0.4, -0.2) is 75.2 Å². The summed E-state index contributed by atoms with van der Waals surface area (Å²) >= 11 is 1.86. The number of ether oxygens (including phenoxy) is 1. The number of thioether (sulfide) groups is 1. The molecule has 1 amide bonds. The average molecular weight is 460 g/mol. The van der Waals surface area contributed by atoms with Gasteiger partial charge in [0.25, 0.3) is 0 Å². The van der Waals surface area contributed by atoms with Crippen LogP contribution in [0.3, 0.4) is 0 Å². The zero-order valence-corrected chi connectivity index (χ0v) is 19.0. The van der Waals surface area contributed by atoms with E-state index in [0.717, 1.165) is 37.1 Å². The lowest BCUT2D eigenvalue weighted by molar-refractivity contribution is -0.124. The van der Waals surface area contributed by atoms with Crippen LogP contribution >= 0.6 is 11.8 Å². The molecule has 2 heterocycles. The van der Waals surface area contributed by atoms with Crippen molar-refractivity contribution in [2.75, 3.05) is 44.4 Å². The number of nitrogens with one attached hydrogen (secondary N) is 2. The van der Waals surface area contributed by atoms with Crippen molar-refractivity contribution in [3.8, 4) is 0 Å². The van der Waals surface area contributed by atoms with Gasteiger partial charge in [0.05, 0.1) is 13.2 Å². The summed E-state index contributed by atoms with van der Waals surface area (Å²) in [5.74, 6) is 0.405. The van der Waals surface area contributed by atoms with Crippen LogP contribution < -0.4 is 10.0 Å². The topological polar surface area (TPSA) is 87.7 Å². The van der Waals surface area contributed by atoms with Gasteiger partial charge in [-0.1, -0.05) is 26.0 Å². The number of carbonyl (C=O) groups excluding carboxylic acids is 1. The monoisotopic (exact) mass is 459 g/mol. The molecule has 168 valence electrons. The summed E-state index contributed by atoms with van der Waals surface area (Å²) in [6, 6.07) is 4.15. The van der Waals surface area contributed by atoms with Crippen LogP contribution in [0.1, 0.15) is 20.3 Å². The maximum atomic E-state index is 14.0. The van der Waals surface area contributed by atoms with Crippen molar-refractivity contribution in [3.05, 3.63) is 30.1 Å². The van der Waals surface area contributed by atoms with Crippen LogP contribution in [0, 0.1) is 11.7 Å². The highest BCUT2D eigenvalue weighted by molar-refractivity contribution is 7.99. The second kappa shape index (κ2) is 9.95. The van der Waals surface area contributed by atoms with Crippen molar-refractivity contribution in [1.82, 2.24) is 14.9 Å². The van der Waals surface area contributed by atoms with Gasteiger partial charge in [0.1, 0.15) is 16.8 Å². The summed E-state index contributed by atoms with van der Waals surface area (Å²) in [6.45, 7) is 6.97. The number of amides is 1. The normalized spacial score (nSPS) is 24.1. The molecule has 2 saturated heterocycles. The number of hydrogen-bond acceptors (Lipinski definition) is 6. The zero-order valence-electron chi connectivity index (χ0n) is 17.4. The molecule has 1 aromatic rings. The van der Waals surface area contributed by atoms with Gasteiger partial charge in [-0.2, -0.15) is 16.5 Å². The Hall–Kier alpha value is -1.20. The summed E-state index contributed by atoms with van der Waals surface area (Å²) in [7, 11) is -4.17. The first kappa shape index (κ1) is 23.5. The minimum atomic E-state index is -4.17. The van der Waals surface area contributed by atoms with E-state index in [1.165, 1.54) is 18.2 Å². The molecule has 2 N–H and O–H groups in total. The van der Waals surface area contributed by atoms with Crippen molar-refractivity contribution < 1.29 is 22.3 Å². The second-order valence-electron chi connectivity index (χ2n) is 8.12. The Morgan fingerprint density at radius 1 is 1.30 bits per heavy atom. The Kier molecular flexibility index (Phi) is 7.78. The van der Waals surface area contributed by atoms with Gasteiger partial charge in [-0.15, -0.1) is 0 Å². The number of nitrogens with zero attached hydrogens (tertiary/aromatic N) is 1. The summed E-state index contributed by atoms with van der Waals surface area (Å²) in [6.07, 6.45) is 0.964. The van der Waals surface area contributed by atoms with E-state index in [-0.39, 0.29) is 11.5 Å². The molecule has 30 heavy (non-hydrogen) atoms. The molecule has 10 heteroatoms. The number of carbonyl (C=O) groups is 1. The van der Waals surface area contributed by atoms with Gasteiger partial charge >= 0.3 is 0 Å². The van der Waals surface area contributed by atoms with Crippen molar-refractivity contribution in [3.63, 3.8) is 0 Å². The van der Waals surface area contributed by atoms with Gasteiger partial charge < -0.3 is 10.1 Å². The Morgan fingerprint density at radius 3 is 2.60 bits per heavy atom. The first-order chi connectivity index (χ1) is 14.3. The smallest absolute Gasteiger partial charge is 0.244 e. The first-order valence-electron chi connectivity index (χ1n) is 10.2. The standard InChI is InChI=1S/C20H30FN3O4S2/c1-15(2)18(23-30(26,27)17-6-4-3-5-16(17)21)19(25)22-13-20(7-12-29-14-20)24-8-10-28-11-9-24/h3-6,15,18,23H,7-14H2,1-2H3,(H,22,25)/t18-,20?/m0/s1. The molecule has 0 aliphatic carbocycles. The van der Waals surface area contributed by atoms with Crippen LogP contribution in [-0.2, 0) is 19.6 Å². The molecule has 1 aromatic carbocycles. The molecule has 1 unspecified atom stereocenters. The number of hydrogen-bond donors (Lipinski definition) is 2. The van der Waals surface area contributed by atoms with Crippen LogP contribution in [0.15, 0.2) is 29.2 Å². The molecule has 0 spiro atoms. The Labute approximate surface area is 182 Å². The number of halogens is 1. The quantitative estimate of drug-likeness (QED) is 0.612. The molecular formula is C20H30FN3O4S2. The maximum absolute atomic E-state index is 14.0. The molecule has 2 aliphatic heterocycles. The highest BCUT2D eigenvalue weighted by Gasteiger charge is 2.41. The maximum Gasteiger partial charge on any atom is 0.244 e. The van der Waals surface area contributed by atoms with E-state index in [0.29, 0.717) is 19.8 Å². The van der Waals surface area contributed by atoms with Gasteiger partial charge in [0, 0.05) is 30.9 Å². The second-order valence-corrected chi connectivity index (χ2v) is 10.9. The summed E-state index contributed by atoms with van der Waals surface area (Å²) in [5, 5.41) is 2.98. The van der Waals surface area contributed by atoms with E-state index < -0.39 is 32.7 Å². The van der Waals surface area contributed by atoms with E-state index in [1.54, 1.807) is 13.8 Å². The summed E-state index contributed by atoms with van der Waals surface area (Å²) in [4.78, 5) is 14.9. The minimum Gasteiger partial charge on any atom is -0.379 e. The highest BCUT2D eigenvalue weighted by Crippen LogP contribution is 2.33. The van der Waals surface area contributed by atoms with Crippen LogP contribution in [0.4, 0.5) is 4.39 Å². The van der Waals surface area contributed by atoms with Gasteiger partial charge in [0.15, 0.2) is 0 Å². The van der Waals surface area contributed by atoms with Crippen molar-refractivity contribution in [2.24, 2.45) is 5.92 Å². The number of morpholine rings is 1. The van der Waals surface area contributed by atoms with E-state index in [2.05, 4.69) is 14.9 Å². The lowest BCUT2D eigenvalue weighted by atomic mass is 9.95. The van der Waals surface area contributed by atoms with E-state index in [9.17, 15) is 17.6 Å². The molecule has 0 aromatic heterocycles. The summed E-state index contributed by atoms with van der Waals surface area (Å²) in [5.41, 5.74) is -0.143. The Bertz CT molecular complexity index is 838. The molecule has 2 aliphatic rings. The third-order valence-electron chi connectivity index (χ3n) is 5.71. The summed E-state index contributed by atoms with van der Waals surface area (Å²) < 4.78 is 47.2. The molecule has 0 saturated carbocycles. The molecule has 0 bridgehead atoms. The molecule has 2 fully saturated rings. The zero-order chi connectivity index (χ0) is 21.8. The fraction of sp³-hybridized carbons (Fsp3) is 0.650. The lowest BCUT2D eigenvalue weighted by Gasteiger charge is -2.43. The molecule has 0 radical (unpaired) electrons. The largest absolute Gasteiger partial charge is 0.379 e. The predicted molar refractivity (Wildman–Crippen MR) is 115 cm³/mol. The third kappa shape index (κ3) is 5.34. The van der Waals surface area contributed by atoms with E-state index in [1.807, 2.05) is 11.8 Å². The Balaban J connectivity index is 1.70. The average Bonchev–Trinajstić information content (AvgIpc) is 3.21. The molecule has 2 atom stereocenters. The number of benzene rings is 1. The van der Waals surface area contributed by atoms with Gasteiger partial charge in [-0.05, 0) is 30.2 Å². The van der Waals surface area contributed by atoms with Crippen molar-refractivity contribution in [2.45, 2.75) is 36.7 Å². The molecule has 3 rings (SSSR count). The van der Waals surface area contributed by atoms with Crippen molar-refractivity contribution in [1.29, 1.82) is 0 Å². The minimum absolute atomic E-state index is 0.143. The lowest BCUT2D eigenvalue weighted by Crippen LogP contribution is -2.61. The Morgan fingerprint density at radius 2 is 2.00 bits per heavy atom. The predicted octanol–water partition coefficient (Wildman–Crippen LogP) is 1.45. The fourth-order valence-corrected chi connectivity index (χ4v) is 6.78. The first-order valence-corrected chi connectivity index (χ1v) is 12.8. The molecular weight excluding hydrogens is 429 g/mol. The van der Waals surface area contributed by atoms with Gasteiger partial charge in [-0.25, -0.2) is 12.8 Å².